The van der Waals surface area contributed by atoms with E-state index in [4.69, 9.17) is 5.73 Å². The molecule has 0 spiro atoms. The Kier molecular flexibility index (Phi) is 3.30. The standard InChI is InChI=1S/C16H19N/c1-11-7-8-12(2)16(9-11)15-6-4-5-14(10-15)13(3)17/h4-10,13H,17H2,1-3H3. The molecular formula is C16H19N. The van der Waals surface area contributed by atoms with Crippen molar-refractivity contribution in [3.8, 4) is 11.1 Å². The smallest absolute Gasteiger partial charge is 0.0266 e. The minimum absolute atomic E-state index is 0.0834. The van der Waals surface area contributed by atoms with Crippen molar-refractivity contribution in [3.63, 3.8) is 0 Å². The molecule has 2 aromatic rings. The highest BCUT2D eigenvalue weighted by atomic mass is 14.6. The third-order valence-corrected chi connectivity index (χ3v) is 3.12. The summed E-state index contributed by atoms with van der Waals surface area (Å²) in [5.41, 5.74) is 12.3. The summed E-state index contributed by atoms with van der Waals surface area (Å²) in [7, 11) is 0. The van der Waals surface area contributed by atoms with Crippen LogP contribution in [-0.4, -0.2) is 0 Å². The van der Waals surface area contributed by atoms with Gasteiger partial charge in [0.25, 0.3) is 0 Å². The summed E-state index contributed by atoms with van der Waals surface area (Å²) in [6.07, 6.45) is 0. The number of hydrogen-bond acceptors (Lipinski definition) is 1. The summed E-state index contributed by atoms with van der Waals surface area (Å²) >= 11 is 0. The highest BCUT2D eigenvalue weighted by Gasteiger charge is 2.05. The second-order valence-electron chi connectivity index (χ2n) is 4.73. The molecule has 0 saturated heterocycles. The summed E-state index contributed by atoms with van der Waals surface area (Å²) in [5.74, 6) is 0. The van der Waals surface area contributed by atoms with Gasteiger partial charge in [-0.1, -0.05) is 42.0 Å². The highest BCUT2D eigenvalue weighted by molar-refractivity contribution is 5.68. The molecule has 1 heteroatoms. The van der Waals surface area contributed by atoms with Crippen LogP contribution < -0.4 is 5.73 Å². The van der Waals surface area contributed by atoms with E-state index in [1.54, 1.807) is 0 Å². The Hall–Kier alpha value is -1.60. The molecule has 0 fully saturated rings. The fourth-order valence-electron chi connectivity index (χ4n) is 2.04. The SMILES string of the molecule is Cc1ccc(C)c(-c2cccc(C(C)N)c2)c1. The van der Waals surface area contributed by atoms with Crippen LogP contribution in [0, 0.1) is 13.8 Å². The molecule has 1 nitrogen and oxygen atoms in total. The molecule has 0 radical (unpaired) electrons. The van der Waals surface area contributed by atoms with Crippen molar-refractivity contribution in [2.24, 2.45) is 5.73 Å². The first-order valence-corrected chi connectivity index (χ1v) is 6.01. The van der Waals surface area contributed by atoms with E-state index in [1.165, 1.54) is 27.8 Å². The van der Waals surface area contributed by atoms with Crippen LogP contribution in [0.2, 0.25) is 0 Å². The second kappa shape index (κ2) is 4.72. The molecule has 0 aliphatic carbocycles. The zero-order valence-corrected chi connectivity index (χ0v) is 10.7. The fraction of sp³-hybridized carbons (Fsp3) is 0.250. The van der Waals surface area contributed by atoms with Gasteiger partial charge in [-0.25, -0.2) is 0 Å². The molecule has 2 rings (SSSR count). The van der Waals surface area contributed by atoms with Crippen molar-refractivity contribution < 1.29 is 0 Å². The Morgan fingerprint density at radius 3 is 2.47 bits per heavy atom. The Labute approximate surface area is 103 Å². The van der Waals surface area contributed by atoms with Gasteiger partial charge in [0.1, 0.15) is 0 Å². The zero-order chi connectivity index (χ0) is 12.4. The van der Waals surface area contributed by atoms with E-state index in [0.717, 1.165) is 0 Å². The molecule has 2 aromatic carbocycles. The van der Waals surface area contributed by atoms with Crippen molar-refractivity contribution in [1.29, 1.82) is 0 Å². The van der Waals surface area contributed by atoms with Gasteiger partial charge in [-0.15, -0.1) is 0 Å². The Morgan fingerprint density at radius 2 is 1.76 bits per heavy atom. The molecule has 88 valence electrons. The van der Waals surface area contributed by atoms with E-state index >= 15 is 0 Å². The maximum Gasteiger partial charge on any atom is 0.0266 e. The van der Waals surface area contributed by atoms with E-state index in [1.807, 2.05) is 6.92 Å². The Morgan fingerprint density at radius 1 is 1.00 bits per heavy atom. The molecule has 0 bridgehead atoms. The van der Waals surface area contributed by atoms with Crippen molar-refractivity contribution >= 4 is 0 Å². The van der Waals surface area contributed by atoms with Crippen LogP contribution in [0.5, 0.6) is 0 Å². The molecular weight excluding hydrogens is 206 g/mol. The maximum absolute atomic E-state index is 5.93. The summed E-state index contributed by atoms with van der Waals surface area (Å²) in [4.78, 5) is 0. The Balaban J connectivity index is 2.52. The number of nitrogens with two attached hydrogens (primary N) is 1. The summed E-state index contributed by atoms with van der Waals surface area (Å²) < 4.78 is 0. The predicted molar refractivity (Wildman–Crippen MR) is 74.0 cm³/mol. The lowest BCUT2D eigenvalue weighted by molar-refractivity contribution is 0.818. The molecule has 2 N–H and O–H groups in total. The third kappa shape index (κ3) is 2.56. The van der Waals surface area contributed by atoms with Gasteiger partial charge in [0.05, 0.1) is 0 Å². The van der Waals surface area contributed by atoms with Crippen molar-refractivity contribution in [2.75, 3.05) is 0 Å². The van der Waals surface area contributed by atoms with E-state index in [-0.39, 0.29) is 6.04 Å². The predicted octanol–water partition coefficient (Wildman–Crippen LogP) is 3.99. The largest absolute Gasteiger partial charge is 0.324 e. The van der Waals surface area contributed by atoms with Gasteiger partial charge in [0.15, 0.2) is 0 Å². The molecule has 0 aromatic heterocycles. The van der Waals surface area contributed by atoms with Crippen LogP contribution >= 0.6 is 0 Å². The van der Waals surface area contributed by atoms with Crippen molar-refractivity contribution in [2.45, 2.75) is 26.8 Å². The number of benzene rings is 2. The lowest BCUT2D eigenvalue weighted by atomic mass is 9.96. The van der Waals surface area contributed by atoms with E-state index in [0.29, 0.717) is 0 Å². The lowest BCUT2D eigenvalue weighted by Crippen LogP contribution is -2.04. The first-order valence-electron chi connectivity index (χ1n) is 6.01. The van der Waals surface area contributed by atoms with E-state index in [9.17, 15) is 0 Å². The van der Waals surface area contributed by atoms with Gasteiger partial charge in [0.2, 0.25) is 0 Å². The quantitative estimate of drug-likeness (QED) is 0.821. The fourth-order valence-corrected chi connectivity index (χ4v) is 2.04. The third-order valence-electron chi connectivity index (χ3n) is 3.12. The first kappa shape index (κ1) is 11.9. The molecule has 0 saturated carbocycles. The van der Waals surface area contributed by atoms with Crippen LogP contribution in [0.25, 0.3) is 11.1 Å². The summed E-state index contributed by atoms with van der Waals surface area (Å²) in [6, 6.07) is 15.1. The molecule has 0 heterocycles. The van der Waals surface area contributed by atoms with Crippen LogP contribution in [-0.2, 0) is 0 Å². The summed E-state index contributed by atoms with van der Waals surface area (Å²) in [5, 5.41) is 0. The van der Waals surface area contributed by atoms with Gasteiger partial charge >= 0.3 is 0 Å². The van der Waals surface area contributed by atoms with Gasteiger partial charge in [0, 0.05) is 6.04 Å². The molecule has 17 heavy (non-hydrogen) atoms. The lowest BCUT2D eigenvalue weighted by Gasteiger charge is -2.11. The van der Waals surface area contributed by atoms with Gasteiger partial charge < -0.3 is 5.73 Å². The molecule has 1 unspecified atom stereocenters. The van der Waals surface area contributed by atoms with Crippen LogP contribution in [0.3, 0.4) is 0 Å². The molecule has 1 atom stereocenters. The molecule has 0 amide bonds. The van der Waals surface area contributed by atoms with E-state index < -0.39 is 0 Å². The number of aryl methyl sites for hydroxylation is 2. The van der Waals surface area contributed by atoms with Crippen molar-refractivity contribution in [3.05, 3.63) is 59.2 Å². The van der Waals surface area contributed by atoms with Gasteiger partial charge in [-0.05, 0) is 49.1 Å². The average Bonchev–Trinajstić information content (AvgIpc) is 2.32. The summed E-state index contributed by atoms with van der Waals surface area (Å²) in [6.45, 7) is 6.29. The zero-order valence-electron chi connectivity index (χ0n) is 10.7. The normalized spacial score (nSPS) is 12.5. The molecule has 0 aliphatic heterocycles. The molecule has 0 aliphatic rings. The first-order chi connectivity index (χ1) is 8.08. The topological polar surface area (TPSA) is 26.0 Å². The van der Waals surface area contributed by atoms with Crippen LogP contribution in [0.4, 0.5) is 0 Å². The van der Waals surface area contributed by atoms with Crippen molar-refractivity contribution in [1.82, 2.24) is 0 Å². The second-order valence-corrected chi connectivity index (χ2v) is 4.73. The van der Waals surface area contributed by atoms with Crippen LogP contribution in [0.15, 0.2) is 42.5 Å². The van der Waals surface area contributed by atoms with Gasteiger partial charge in [-0.2, -0.15) is 0 Å². The Bertz CT molecular complexity index is 527. The maximum atomic E-state index is 5.93. The van der Waals surface area contributed by atoms with Gasteiger partial charge in [-0.3, -0.25) is 0 Å². The average molecular weight is 225 g/mol. The minimum Gasteiger partial charge on any atom is -0.324 e. The minimum atomic E-state index is 0.0834. The number of rotatable bonds is 2. The monoisotopic (exact) mass is 225 g/mol. The number of hydrogen-bond donors (Lipinski definition) is 1. The van der Waals surface area contributed by atoms with Crippen LogP contribution in [0.1, 0.15) is 29.7 Å². The highest BCUT2D eigenvalue weighted by Crippen LogP contribution is 2.26. The van der Waals surface area contributed by atoms with E-state index in [2.05, 4.69) is 56.3 Å².